The largest absolute Gasteiger partial charge is 0.493 e. The van der Waals surface area contributed by atoms with Gasteiger partial charge in [0.15, 0.2) is 0 Å². The van der Waals surface area contributed by atoms with Crippen LogP contribution in [0.1, 0.15) is 36.0 Å². The lowest BCUT2D eigenvalue weighted by Gasteiger charge is -2.36. The van der Waals surface area contributed by atoms with Gasteiger partial charge in [-0.2, -0.15) is 22.1 Å². The van der Waals surface area contributed by atoms with E-state index in [0.717, 1.165) is 62.8 Å². The summed E-state index contributed by atoms with van der Waals surface area (Å²) in [5.74, 6) is 1.58. The molecule has 1 aliphatic rings. The van der Waals surface area contributed by atoms with E-state index in [9.17, 15) is 13.5 Å². The summed E-state index contributed by atoms with van der Waals surface area (Å²) < 4.78 is 48.1. The SMILES string of the molecule is CCOCc1[nH]c2c(-c3c(COc4ccc(N5CCN(S(=O)(=O)N(C)C)CC5)cc4)nn(C)c3CO)cccc2c1CCCOc1cccc2ccccc12. The quantitative estimate of drug-likeness (QED) is 0.111. The Bertz CT molecular complexity index is 2340. The third kappa shape index (κ3) is 8.07. The molecular formula is C42H50N6O6S. The van der Waals surface area contributed by atoms with Gasteiger partial charge in [0.1, 0.15) is 23.8 Å². The number of nitrogens with one attached hydrogen (secondary N) is 1. The third-order valence-electron chi connectivity index (χ3n) is 10.3. The molecule has 0 bridgehead atoms. The van der Waals surface area contributed by atoms with E-state index in [-0.39, 0.29) is 13.2 Å². The number of benzene rings is 4. The molecule has 0 saturated carbocycles. The molecule has 2 aromatic heterocycles. The lowest BCUT2D eigenvalue weighted by molar-refractivity contribution is 0.131. The van der Waals surface area contributed by atoms with Crippen molar-refractivity contribution in [2.45, 2.75) is 39.6 Å². The molecule has 1 fully saturated rings. The molecule has 55 heavy (non-hydrogen) atoms. The van der Waals surface area contributed by atoms with Gasteiger partial charge in [0.05, 0.1) is 31.0 Å². The first kappa shape index (κ1) is 38.4. The molecular weight excluding hydrogens is 717 g/mol. The van der Waals surface area contributed by atoms with Gasteiger partial charge in [-0.05, 0) is 61.0 Å². The Hall–Kier alpha value is -4.92. The number of ether oxygens (including phenoxy) is 3. The van der Waals surface area contributed by atoms with Crippen LogP contribution >= 0.6 is 0 Å². The molecule has 290 valence electrons. The molecule has 1 saturated heterocycles. The maximum absolute atomic E-state index is 12.5. The van der Waals surface area contributed by atoms with E-state index < -0.39 is 10.2 Å². The Morgan fingerprint density at radius 3 is 2.35 bits per heavy atom. The summed E-state index contributed by atoms with van der Waals surface area (Å²) in [6.45, 7) is 5.71. The minimum absolute atomic E-state index is 0.183. The highest BCUT2D eigenvalue weighted by Crippen LogP contribution is 2.37. The number of aromatic amines is 1. The van der Waals surface area contributed by atoms with Crippen molar-refractivity contribution in [1.82, 2.24) is 23.4 Å². The molecule has 0 aliphatic carbocycles. The smallest absolute Gasteiger partial charge is 0.281 e. The molecule has 13 heteroatoms. The van der Waals surface area contributed by atoms with Crippen LogP contribution in [-0.2, 0) is 48.2 Å². The molecule has 4 aromatic carbocycles. The fourth-order valence-corrected chi connectivity index (χ4v) is 8.51. The summed E-state index contributed by atoms with van der Waals surface area (Å²) in [5, 5.41) is 18.7. The van der Waals surface area contributed by atoms with Gasteiger partial charge in [-0.25, -0.2) is 0 Å². The minimum Gasteiger partial charge on any atom is -0.493 e. The average Bonchev–Trinajstić information content (AvgIpc) is 3.73. The van der Waals surface area contributed by atoms with Crippen LogP contribution in [0.15, 0.2) is 84.9 Å². The van der Waals surface area contributed by atoms with E-state index in [0.29, 0.717) is 63.1 Å². The van der Waals surface area contributed by atoms with E-state index >= 15 is 0 Å². The lowest BCUT2D eigenvalue weighted by Crippen LogP contribution is -2.51. The van der Waals surface area contributed by atoms with Crippen molar-refractivity contribution in [1.29, 1.82) is 0 Å². The Kier molecular flexibility index (Phi) is 11.7. The van der Waals surface area contributed by atoms with Gasteiger partial charge in [-0.15, -0.1) is 0 Å². The van der Waals surface area contributed by atoms with Crippen molar-refractivity contribution in [3.05, 3.63) is 108 Å². The second kappa shape index (κ2) is 16.8. The second-order valence-corrected chi connectivity index (χ2v) is 16.0. The number of rotatable bonds is 16. The maximum atomic E-state index is 12.5. The summed E-state index contributed by atoms with van der Waals surface area (Å²) >= 11 is 0. The first-order valence-corrected chi connectivity index (χ1v) is 20.2. The molecule has 12 nitrogen and oxygen atoms in total. The molecule has 0 radical (unpaired) electrons. The minimum atomic E-state index is -3.43. The number of fused-ring (bicyclic) bond motifs is 2. The number of hydrogen-bond donors (Lipinski definition) is 2. The van der Waals surface area contributed by atoms with Crippen molar-refractivity contribution < 1.29 is 27.7 Å². The normalized spacial score (nSPS) is 14.0. The van der Waals surface area contributed by atoms with E-state index in [2.05, 4.69) is 46.3 Å². The number of aliphatic hydroxyl groups is 1. The fraction of sp³-hybridized carbons (Fsp3) is 0.357. The summed E-state index contributed by atoms with van der Waals surface area (Å²) in [4.78, 5) is 5.88. The van der Waals surface area contributed by atoms with Crippen LogP contribution in [0.4, 0.5) is 5.69 Å². The van der Waals surface area contributed by atoms with Gasteiger partial charge in [-0.3, -0.25) is 4.68 Å². The van der Waals surface area contributed by atoms with E-state index in [1.165, 1.54) is 14.2 Å². The third-order valence-corrected chi connectivity index (χ3v) is 12.3. The molecule has 6 aromatic rings. The van der Waals surface area contributed by atoms with E-state index in [1.807, 2.05) is 62.5 Å². The number of aliphatic hydroxyl groups excluding tert-OH is 1. The number of piperazine rings is 1. The number of H-pyrrole nitrogens is 1. The standard InChI is InChI=1S/C42H50N6O6S/c1-5-52-28-37-34(16-10-26-53-40-17-8-12-30-11-6-7-13-33(30)40)35-14-9-15-36(42(35)43-37)41-38(44-46(4)39(41)27-49)29-54-32-20-18-31(19-21-32)47-22-24-48(25-23-47)55(50,51)45(2)3/h6-9,11-15,17-21,43,49H,5,10,16,22-29H2,1-4H3. The predicted molar refractivity (Wildman–Crippen MR) is 217 cm³/mol. The second-order valence-electron chi connectivity index (χ2n) is 13.9. The molecule has 0 amide bonds. The first-order valence-electron chi connectivity index (χ1n) is 18.8. The lowest BCUT2D eigenvalue weighted by atomic mass is 9.98. The molecule has 3 heterocycles. The van der Waals surface area contributed by atoms with Crippen LogP contribution in [0.2, 0.25) is 0 Å². The molecule has 1 aliphatic heterocycles. The number of para-hydroxylation sites is 1. The Balaban J connectivity index is 1.08. The van der Waals surface area contributed by atoms with Crippen LogP contribution < -0.4 is 14.4 Å². The predicted octanol–water partition coefficient (Wildman–Crippen LogP) is 6.27. The number of nitrogens with zero attached hydrogens (tertiary/aromatic N) is 5. The van der Waals surface area contributed by atoms with Crippen LogP contribution in [0.5, 0.6) is 11.5 Å². The first-order chi connectivity index (χ1) is 26.7. The van der Waals surface area contributed by atoms with Crippen LogP contribution in [0, 0.1) is 0 Å². The molecule has 0 atom stereocenters. The summed E-state index contributed by atoms with van der Waals surface area (Å²) in [6, 6.07) is 28.5. The van der Waals surface area contributed by atoms with E-state index in [4.69, 9.17) is 19.3 Å². The molecule has 7 rings (SSSR count). The zero-order valence-corrected chi connectivity index (χ0v) is 32.8. The zero-order valence-electron chi connectivity index (χ0n) is 32.0. The topological polar surface area (TPSA) is 125 Å². The van der Waals surface area contributed by atoms with Gasteiger partial charge in [0, 0.05) is 87.2 Å². The summed E-state index contributed by atoms with van der Waals surface area (Å²) in [7, 11) is 1.53. The molecule has 0 unspecified atom stereocenters. The number of hydrogen-bond acceptors (Lipinski definition) is 8. The summed E-state index contributed by atoms with van der Waals surface area (Å²) in [6.07, 6.45) is 1.62. The fourth-order valence-electron chi connectivity index (χ4n) is 7.43. The van der Waals surface area contributed by atoms with Crippen molar-refractivity contribution in [2.24, 2.45) is 7.05 Å². The van der Waals surface area contributed by atoms with Gasteiger partial charge < -0.3 is 29.2 Å². The summed E-state index contributed by atoms with van der Waals surface area (Å²) in [5.41, 5.74) is 7.39. The Morgan fingerprint density at radius 1 is 0.873 bits per heavy atom. The van der Waals surface area contributed by atoms with Gasteiger partial charge in [0.25, 0.3) is 10.2 Å². The highest BCUT2D eigenvalue weighted by molar-refractivity contribution is 7.86. The van der Waals surface area contributed by atoms with Crippen molar-refractivity contribution in [3.8, 4) is 22.6 Å². The zero-order chi connectivity index (χ0) is 38.5. The highest BCUT2D eigenvalue weighted by Gasteiger charge is 2.29. The Morgan fingerprint density at radius 2 is 1.60 bits per heavy atom. The van der Waals surface area contributed by atoms with Crippen LogP contribution in [-0.4, -0.2) is 90.4 Å². The van der Waals surface area contributed by atoms with Crippen molar-refractivity contribution in [3.63, 3.8) is 0 Å². The number of aryl methyl sites for hydroxylation is 2. The van der Waals surface area contributed by atoms with Gasteiger partial charge >= 0.3 is 0 Å². The van der Waals surface area contributed by atoms with Crippen molar-refractivity contribution >= 4 is 37.6 Å². The van der Waals surface area contributed by atoms with Gasteiger partial charge in [-0.1, -0.05) is 54.6 Å². The Labute approximate surface area is 323 Å². The molecule has 2 N–H and O–H groups in total. The molecule has 0 spiro atoms. The maximum Gasteiger partial charge on any atom is 0.281 e. The monoisotopic (exact) mass is 766 g/mol. The van der Waals surface area contributed by atoms with E-state index in [1.54, 1.807) is 18.8 Å². The van der Waals surface area contributed by atoms with Crippen molar-refractivity contribution in [2.75, 3.05) is 58.4 Å². The highest BCUT2D eigenvalue weighted by atomic mass is 32.2. The van der Waals surface area contributed by atoms with Gasteiger partial charge in [0.2, 0.25) is 0 Å². The van der Waals surface area contributed by atoms with Crippen LogP contribution in [0.3, 0.4) is 0 Å². The average molecular weight is 767 g/mol. The number of anilines is 1. The number of aromatic nitrogens is 3. The van der Waals surface area contributed by atoms with Crippen LogP contribution in [0.25, 0.3) is 32.8 Å².